The van der Waals surface area contributed by atoms with Gasteiger partial charge in [-0.2, -0.15) is 13.2 Å². The maximum absolute atomic E-state index is 12.4. The van der Waals surface area contributed by atoms with Crippen molar-refractivity contribution in [3.05, 3.63) is 29.8 Å². The lowest BCUT2D eigenvalue weighted by molar-refractivity contribution is -0.167. The molecule has 1 aromatic carbocycles. The highest BCUT2D eigenvalue weighted by molar-refractivity contribution is 6.10. The number of hydrogen-bond donors (Lipinski definition) is 1. The molecule has 1 amide bonds. The van der Waals surface area contributed by atoms with E-state index in [0.29, 0.717) is 0 Å². The van der Waals surface area contributed by atoms with E-state index < -0.39 is 29.3 Å². The van der Waals surface area contributed by atoms with Gasteiger partial charge < -0.3 is 10.1 Å². The number of amides is 1. The number of alkyl halides is 3. The normalized spacial score (nSPS) is 13.8. The minimum Gasteiger partial charge on any atom is -0.465 e. The molecule has 0 aliphatic heterocycles. The summed E-state index contributed by atoms with van der Waals surface area (Å²) in [7, 11) is 0. The summed E-state index contributed by atoms with van der Waals surface area (Å²) in [5, 5.41) is 1.68. The highest BCUT2D eigenvalue weighted by Crippen LogP contribution is 2.33. The van der Waals surface area contributed by atoms with E-state index in [1.807, 2.05) is 0 Å². The Hall–Kier alpha value is -2.38. The van der Waals surface area contributed by atoms with Gasteiger partial charge in [0.2, 0.25) is 0 Å². The average Bonchev–Trinajstić information content (AvgIpc) is 2.46. The molecule has 1 N–H and O–H groups in total. The number of para-hydroxylation sites is 1. The van der Waals surface area contributed by atoms with Crippen molar-refractivity contribution in [2.75, 3.05) is 11.9 Å². The molecule has 0 radical (unpaired) electrons. The number of ether oxygens (including phenoxy) is 1. The molecule has 0 aliphatic carbocycles. The molecule has 0 aromatic heterocycles. The number of halogens is 3. The molecule has 1 atom stereocenters. The van der Waals surface area contributed by atoms with E-state index in [1.165, 1.54) is 38.1 Å². The van der Waals surface area contributed by atoms with E-state index >= 15 is 0 Å². The molecule has 0 bridgehead atoms. The second kappa shape index (κ2) is 6.80. The summed E-state index contributed by atoms with van der Waals surface area (Å²) < 4.78 is 42.1. The number of benzene rings is 1. The Kier molecular flexibility index (Phi) is 5.52. The summed E-state index contributed by atoms with van der Waals surface area (Å²) in [6.07, 6.45) is -5.09. The summed E-state index contributed by atoms with van der Waals surface area (Å²) >= 11 is 0. The predicted molar refractivity (Wildman–Crippen MR) is 75.8 cm³/mol. The standard InChI is InChI=1S/C15H16F3NO4/c1-4-23-13(22)14(3,9(2)20)10-7-5-6-8-11(10)19-12(21)15(16,17)18/h5-8H,4H2,1-3H3,(H,19,21)/t14-/m1/s1. The summed E-state index contributed by atoms with van der Waals surface area (Å²) in [5.74, 6) is -3.72. The molecule has 0 saturated heterocycles. The second-order valence-corrected chi connectivity index (χ2v) is 4.90. The Morgan fingerprint density at radius 3 is 2.22 bits per heavy atom. The number of nitrogens with one attached hydrogen (secondary N) is 1. The van der Waals surface area contributed by atoms with E-state index in [1.54, 1.807) is 5.32 Å². The molecule has 0 unspecified atom stereocenters. The Morgan fingerprint density at radius 1 is 1.17 bits per heavy atom. The molecule has 23 heavy (non-hydrogen) atoms. The lowest BCUT2D eigenvalue weighted by Crippen LogP contribution is -2.42. The number of esters is 1. The molecular weight excluding hydrogens is 315 g/mol. The molecule has 0 spiro atoms. The largest absolute Gasteiger partial charge is 0.471 e. The van der Waals surface area contributed by atoms with Gasteiger partial charge in [0, 0.05) is 11.3 Å². The number of hydrogen-bond acceptors (Lipinski definition) is 4. The first-order chi connectivity index (χ1) is 10.5. The van der Waals surface area contributed by atoms with Crippen LogP contribution in [-0.2, 0) is 24.5 Å². The summed E-state index contributed by atoms with van der Waals surface area (Å²) in [6.45, 7) is 3.90. The molecular formula is C15H16F3NO4. The first-order valence-corrected chi connectivity index (χ1v) is 6.71. The SMILES string of the molecule is CCOC(=O)[C@](C)(C(C)=O)c1ccccc1NC(=O)C(F)(F)F. The monoisotopic (exact) mass is 331 g/mol. The van der Waals surface area contributed by atoms with Crippen molar-refractivity contribution in [2.24, 2.45) is 0 Å². The number of rotatable bonds is 5. The van der Waals surface area contributed by atoms with Crippen LogP contribution in [0.25, 0.3) is 0 Å². The third kappa shape index (κ3) is 3.88. The highest BCUT2D eigenvalue weighted by Gasteiger charge is 2.45. The minimum absolute atomic E-state index is 0.00121. The van der Waals surface area contributed by atoms with Crippen LogP contribution in [0, 0.1) is 0 Å². The van der Waals surface area contributed by atoms with Crippen LogP contribution in [-0.4, -0.2) is 30.4 Å². The Balaban J connectivity index is 3.38. The van der Waals surface area contributed by atoms with Crippen molar-refractivity contribution in [1.82, 2.24) is 0 Å². The fraction of sp³-hybridized carbons (Fsp3) is 0.400. The van der Waals surface area contributed by atoms with Gasteiger partial charge in [0.1, 0.15) is 5.41 Å². The number of Topliss-reactive ketones (excluding diaryl/α,β-unsaturated/α-hetero) is 1. The van der Waals surface area contributed by atoms with Crippen LogP contribution in [0.2, 0.25) is 0 Å². The van der Waals surface area contributed by atoms with Gasteiger partial charge in [-0.15, -0.1) is 0 Å². The fourth-order valence-corrected chi connectivity index (χ4v) is 1.94. The van der Waals surface area contributed by atoms with Gasteiger partial charge in [0.05, 0.1) is 6.61 Å². The zero-order chi connectivity index (χ0) is 17.8. The van der Waals surface area contributed by atoms with Crippen LogP contribution in [0.1, 0.15) is 26.3 Å². The van der Waals surface area contributed by atoms with Crippen molar-refractivity contribution in [3.8, 4) is 0 Å². The third-order valence-corrected chi connectivity index (χ3v) is 3.36. The van der Waals surface area contributed by atoms with Gasteiger partial charge in [-0.1, -0.05) is 18.2 Å². The summed E-state index contributed by atoms with van der Waals surface area (Å²) in [4.78, 5) is 35.3. The van der Waals surface area contributed by atoms with E-state index in [9.17, 15) is 27.6 Å². The quantitative estimate of drug-likeness (QED) is 0.665. The van der Waals surface area contributed by atoms with Crippen LogP contribution in [0.15, 0.2) is 24.3 Å². The smallest absolute Gasteiger partial charge is 0.465 e. The van der Waals surface area contributed by atoms with Gasteiger partial charge in [0.25, 0.3) is 0 Å². The Morgan fingerprint density at radius 2 is 1.74 bits per heavy atom. The van der Waals surface area contributed by atoms with Crippen LogP contribution in [0.4, 0.5) is 18.9 Å². The van der Waals surface area contributed by atoms with E-state index in [2.05, 4.69) is 0 Å². The summed E-state index contributed by atoms with van der Waals surface area (Å²) in [6, 6.07) is 5.30. The van der Waals surface area contributed by atoms with E-state index in [-0.39, 0.29) is 17.9 Å². The Bertz CT molecular complexity index is 627. The van der Waals surface area contributed by atoms with Crippen molar-refractivity contribution in [3.63, 3.8) is 0 Å². The number of carbonyl (C=O) groups excluding carboxylic acids is 3. The first-order valence-electron chi connectivity index (χ1n) is 6.71. The van der Waals surface area contributed by atoms with Gasteiger partial charge >= 0.3 is 18.1 Å². The number of ketones is 1. The highest BCUT2D eigenvalue weighted by atomic mass is 19.4. The molecule has 126 valence electrons. The van der Waals surface area contributed by atoms with E-state index in [4.69, 9.17) is 4.74 Å². The number of carbonyl (C=O) groups is 3. The maximum Gasteiger partial charge on any atom is 0.471 e. The van der Waals surface area contributed by atoms with Gasteiger partial charge in [-0.05, 0) is 26.8 Å². The molecule has 1 rings (SSSR count). The predicted octanol–water partition coefficient (Wildman–Crippen LogP) is 2.60. The zero-order valence-corrected chi connectivity index (χ0v) is 12.8. The minimum atomic E-state index is -5.09. The van der Waals surface area contributed by atoms with Crippen molar-refractivity contribution >= 4 is 23.3 Å². The third-order valence-electron chi connectivity index (χ3n) is 3.36. The number of anilines is 1. The van der Waals surface area contributed by atoms with Crippen LogP contribution in [0.5, 0.6) is 0 Å². The molecule has 5 nitrogen and oxygen atoms in total. The molecule has 0 saturated carbocycles. The average molecular weight is 331 g/mol. The maximum atomic E-state index is 12.4. The van der Waals surface area contributed by atoms with Crippen molar-refractivity contribution in [1.29, 1.82) is 0 Å². The Labute approximate surface area is 130 Å². The zero-order valence-electron chi connectivity index (χ0n) is 12.8. The summed E-state index contributed by atoms with van der Waals surface area (Å²) in [5.41, 5.74) is -2.17. The molecule has 0 aliphatic rings. The van der Waals surface area contributed by atoms with Crippen LogP contribution < -0.4 is 5.32 Å². The van der Waals surface area contributed by atoms with Gasteiger partial charge in [-0.3, -0.25) is 14.4 Å². The van der Waals surface area contributed by atoms with Crippen molar-refractivity contribution < 1.29 is 32.3 Å². The topological polar surface area (TPSA) is 72.5 Å². The first kappa shape index (κ1) is 18.7. The van der Waals surface area contributed by atoms with E-state index in [0.717, 1.165) is 6.92 Å². The molecule has 1 aromatic rings. The fourth-order valence-electron chi connectivity index (χ4n) is 1.94. The molecule has 0 fully saturated rings. The second-order valence-electron chi connectivity index (χ2n) is 4.90. The lowest BCUT2D eigenvalue weighted by Gasteiger charge is -2.27. The van der Waals surface area contributed by atoms with Gasteiger partial charge in [-0.25, -0.2) is 0 Å². The van der Waals surface area contributed by atoms with Gasteiger partial charge in [0.15, 0.2) is 5.78 Å². The lowest BCUT2D eigenvalue weighted by atomic mass is 9.78. The van der Waals surface area contributed by atoms with Crippen molar-refractivity contribution in [2.45, 2.75) is 32.4 Å². The molecule has 0 heterocycles. The van der Waals surface area contributed by atoms with Crippen LogP contribution >= 0.6 is 0 Å². The van der Waals surface area contributed by atoms with Crippen LogP contribution in [0.3, 0.4) is 0 Å². The molecule has 8 heteroatoms.